The van der Waals surface area contributed by atoms with Crippen LogP contribution in [0.5, 0.6) is 5.75 Å². The minimum Gasteiger partial charge on any atom is -0.478 e. The summed E-state index contributed by atoms with van der Waals surface area (Å²) in [4.78, 5) is 12.5. The van der Waals surface area contributed by atoms with E-state index < -0.39 is 11.9 Å². The predicted octanol–water partition coefficient (Wildman–Crippen LogP) is 5.25. The summed E-state index contributed by atoms with van der Waals surface area (Å²) in [7, 11) is 0. The monoisotopic (exact) mass is 400 g/mol. The lowest BCUT2D eigenvalue weighted by atomic mass is 9.99. The van der Waals surface area contributed by atoms with Crippen molar-refractivity contribution in [2.75, 3.05) is 5.75 Å². The third-order valence-electron chi connectivity index (χ3n) is 4.38. The van der Waals surface area contributed by atoms with Crippen LogP contribution in [0, 0.1) is 26.6 Å². The third kappa shape index (κ3) is 4.59. The quantitative estimate of drug-likeness (QED) is 0.399. The van der Waals surface area contributed by atoms with E-state index in [9.17, 15) is 9.18 Å². The molecular weight excluding hydrogens is 379 g/mol. The number of ketones is 1. The van der Waals surface area contributed by atoms with Gasteiger partial charge in [0.15, 0.2) is 23.5 Å². The number of para-hydroxylation sites is 1. The molecule has 0 fully saturated rings. The molecule has 7 heteroatoms. The maximum atomic E-state index is 13.7. The van der Waals surface area contributed by atoms with E-state index in [-0.39, 0.29) is 28.4 Å². The van der Waals surface area contributed by atoms with Gasteiger partial charge in [0.05, 0.1) is 5.75 Å². The molecule has 146 valence electrons. The Morgan fingerprint density at radius 1 is 1.14 bits per heavy atom. The van der Waals surface area contributed by atoms with E-state index in [0.717, 1.165) is 16.7 Å². The van der Waals surface area contributed by atoms with Crippen LogP contribution in [0.2, 0.25) is 0 Å². The van der Waals surface area contributed by atoms with Gasteiger partial charge in [-0.1, -0.05) is 30.0 Å². The van der Waals surface area contributed by atoms with Crippen LogP contribution in [-0.2, 0) is 0 Å². The Labute approximate surface area is 167 Å². The van der Waals surface area contributed by atoms with Crippen LogP contribution in [0.3, 0.4) is 0 Å². The Bertz CT molecular complexity index is 1000. The predicted molar refractivity (Wildman–Crippen MR) is 105 cm³/mol. The van der Waals surface area contributed by atoms with Crippen LogP contribution >= 0.6 is 11.8 Å². The number of hydrogen-bond acceptors (Lipinski definition) is 6. The molecule has 0 bridgehead atoms. The van der Waals surface area contributed by atoms with Crippen molar-refractivity contribution in [3.05, 3.63) is 70.4 Å². The lowest BCUT2D eigenvalue weighted by Crippen LogP contribution is -2.06. The molecule has 0 spiro atoms. The molecule has 1 atom stereocenters. The van der Waals surface area contributed by atoms with Gasteiger partial charge >= 0.3 is 0 Å². The fourth-order valence-corrected chi connectivity index (χ4v) is 3.34. The normalized spacial score (nSPS) is 12.0. The first-order valence-electron chi connectivity index (χ1n) is 8.83. The largest absolute Gasteiger partial charge is 0.478 e. The second-order valence-electron chi connectivity index (χ2n) is 6.56. The number of Topliss-reactive ketones (excluding diaryl/α,β-unsaturated/α-hetero) is 1. The Morgan fingerprint density at radius 3 is 2.61 bits per heavy atom. The fourth-order valence-electron chi connectivity index (χ4n) is 2.69. The molecule has 0 amide bonds. The number of aromatic nitrogens is 2. The molecule has 0 radical (unpaired) electrons. The molecule has 3 aromatic rings. The van der Waals surface area contributed by atoms with E-state index in [1.54, 1.807) is 19.1 Å². The molecule has 0 aliphatic heterocycles. The molecule has 1 heterocycles. The highest BCUT2D eigenvalue weighted by Gasteiger charge is 2.19. The SMILES string of the molecule is Cc1cc(C)c(C(=O)CSc2nnc([C@H](C)Oc3ccccc3F)o2)cc1C. The number of thioether (sulfide) groups is 1. The molecular formula is C21H21FN2O3S. The molecule has 0 unspecified atom stereocenters. The van der Waals surface area contributed by atoms with E-state index in [2.05, 4.69) is 10.2 Å². The van der Waals surface area contributed by atoms with Gasteiger partial charge in [0.25, 0.3) is 11.1 Å². The first-order valence-corrected chi connectivity index (χ1v) is 9.82. The van der Waals surface area contributed by atoms with Crippen molar-refractivity contribution in [2.45, 2.75) is 39.0 Å². The molecule has 0 N–H and O–H groups in total. The average molecular weight is 400 g/mol. The highest BCUT2D eigenvalue weighted by atomic mass is 32.2. The first kappa shape index (κ1) is 20.1. The lowest BCUT2D eigenvalue weighted by Gasteiger charge is -2.11. The first-order chi connectivity index (χ1) is 13.3. The Balaban J connectivity index is 1.62. The summed E-state index contributed by atoms with van der Waals surface area (Å²) in [5.41, 5.74) is 3.89. The van der Waals surface area contributed by atoms with Gasteiger partial charge in [-0.2, -0.15) is 0 Å². The molecule has 5 nitrogen and oxygen atoms in total. The smallest absolute Gasteiger partial charge is 0.277 e. The van der Waals surface area contributed by atoms with Crippen molar-refractivity contribution >= 4 is 17.5 Å². The number of ether oxygens (including phenoxy) is 1. The van der Waals surface area contributed by atoms with Crippen LogP contribution in [0.4, 0.5) is 4.39 Å². The van der Waals surface area contributed by atoms with Crippen molar-refractivity contribution in [1.29, 1.82) is 0 Å². The molecule has 0 saturated carbocycles. The number of nitrogens with zero attached hydrogens (tertiary/aromatic N) is 2. The number of benzene rings is 2. The van der Waals surface area contributed by atoms with Gasteiger partial charge < -0.3 is 9.15 Å². The maximum Gasteiger partial charge on any atom is 0.277 e. The summed E-state index contributed by atoms with van der Waals surface area (Å²) in [5.74, 6) is 0.0650. The molecule has 1 aromatic heterocycles. The zero-order valence-corrected chi connectivity index (χ0v) is 17.0. The fraction of sp³-hybridized carbons (Fsp3) is 0.286. The minimum absolute atomic E-state index is 0.000931. The van der Waals surface area contributed by atoms with Crippen LogP contribution < -0.4 is 4.74 Å². The summed E-state index contributed by atoms with van der Waals surface area (Å²) in [6.07, 6.45) is -0.614. The van der Waals surface area contributed by atoms with Gasteiger partial charge in [-0.05, 0) is 62.6 Å². The standard InChI is InChI=1S/C21H21FN2O3S/c1-12-9-14(3)16(10-13(12)2)18(25)11-28-21-24-23-20(27-21)15(4)26-19-8-6-5-7-17(19)22/h5-10,15H,11H2,1-4H3/t15-/m0/s1. The number of carbonyl (C=O) groups excluding carboxylic acids is 1. The molecule has 2 aromatic carbocycles. The second kappa shape index (κ2) is 8.56. The van der Waals surface area contributed by atoms with Gasteiger partial charge in [0.1, 0.15) is 0 Å². The topological polar surface area (TPSA) is 65.2 Å². The summed E-state index contributed by atoms with van der Waals surface area (Å²) in [6.45, 7) is 7.63. The van der Waals surface area contributed by atoms with Gasteiger partial charge in [0.2, 0.25) is 0 Å². The van der Waals surface area contributed by atoms with Crippen LogP contribution in [0.1, 0.15) is 46.0 Å². The zero-order valence-electron chi connectivity index (χ0n) is 16.2. The number of rotatable bonds is 7. The van der Waals surface area contributed by atoms with E-state index in [4.69, 9.17) is 9.15 Å². The maximum absolute atomic E-state index is 13.7. The van der Waals surface area contributed by atoms with Gasteiger partial charge in [0, 0.05) is 5.56 Å². The van der Waals surface area contributed by atoms with Gasteiger partial charge in [-0.3, -0.25) is 4.79 Å². The van der Waals surface area contributed by atoms with Crippen molar-refractivity contribution < 1.29 is 18.3 Å². The Hall–Kier alpha value is -2.67. The summed E-state index contributed by atoms with van der Waals surface area (Å²) in [6, 6.07) is 10.0. The third-order valence-corrected chi connectivity index (χ3v) is 5.20. The summed E-state index contributed by atoms with van der Waals surface area (Å²) >= 11 is 1.17. The van der Waals surface area contributed by atoms with Crippen molar-refractivity contribution in [3.8, 4) is 5.75 Å². The van der Waals surface area contributed by atoms with Crippen LogP contribution in [0.15, 0.2) is 46.0 Å². The van der Waals surface area contributed by atoms with E-state index in [0.29, 0.717) is 5.56 Å². The van der Waals surface area contributed by atoms with Crippen LogP contribution in [-0.4, -0.2) is 21.7 Å². The second-order valence-corrected chi connectivity index (χ2v) is 7.49. The number of hydrogen-bond donors (Lipinski definition) is 0. The minimum atomic E-state index is -0.614. The van der Waals surface area contributed by atoms with Crippen molar-refractivity contribution in [2.24, 2.45) is 0 Å². The number of halogens is 1. The molecule has 28 heavy (non-hydrogen) atoms. The molecule has 0 aliphatic carbocycles. The zero-order chi connectivity index (χ0) is 20.3. The van der Waals surface area contributed by atoms with E-state index >= 15 is 0 Å². The lowest BCUT2D eigenvalue weighted by molar-refractivity contribution is 0.102. The van der Waals surface area contributed by atoms with Gasteiger partial charge in [-0.15, -0.1) is 10.2 Å². The summed E-state index contributed by atoms with van der Waals surface area (Å²) < 4.78 is 24.8. The van der Waals surface area contributed by atoms with Gasteiger partial charge in [-0.25, -0.2) is 4.39 Å². The van der Waals surface area contributed by atoms with E-state index in [1.165, 1.54) is 23.9 Å². The number of aryl methyl sites for hydroxylation is 3. The Morgan fingerprint density at radius 2 is 1.86 bits per heavy atom. The summed E-state index contributed by atoms with van der Waals surface area (Å²) in [5, 5.41) is 8.15. The average Bonchev–Trinajstić information content (AvgIpc) is 3.14. The number of carbonyl (C=O) groups is 1. The highest BCUT2D eigenvalue weighted by Crippen LogP contribution is 2.26. The van der Waals surface area contributed by atoms with E-state index in [1.807, 2.05) is 32.9 Å². The highest BCUT2D eigenvalue weighted by molar-refractivity contribution is 7.99. The molecule has 3 rings (SSSR count). The van der Waals surface area contributed by atoms with Crippen molar-refractivity contribution in [1.82, 2.24) is 10.2 Å². The Kier molecular flexibility index (Phi) is 6.14. The molecule has 0 saturated heterocycles. The van der Waals surface area contributed by atoms with Crippen LogP contribution in [0.25, 0.3) is 0 Å². The van der Waals surface area contributed by atoms with Crippen molar-refractivity contribution in [3.63, 3.8) is 0 Å². The molecule has 0 aliphatic rings.